The summed E-state index contributed by atoms with van der Waals surface area (Å²) in [7, 11) is 0. The fourth-order valence-electron chi connectivity index (χ4n) is 1.96. The van der Waals surface area contributed by atoms with Crippen molar-refractivity contribution in [2.45, 2.75) is 33.8 Å². The third kappa shape index (κ3) is 3.30. The average molecular weight is 310 g/mol. The molecular formula is C14H18N2O4S. The van der Waals surface area contributed by atoms with Crippen LogP contribution in [0, 0.1) is 6.92 Å². The summed E-state index contributed by atoms with van der Waals surface area (Å²) in [6, 6.07) is 0. The second-order valence-electron chi connectivity index (χ2n) is 4.52. The van der Waals surface area contributed by atoms with Gasteiger partial charge in [0.2, 0.25) is 0 Å². The fourth-order valence-corrected chi connectivity index (χ4v) is 3.06. The largest absolute Gasteiger partial charge is 0.462 e. The number of hydrogen-bond acceptors (Lipinski definition) is 6. The maximum Gasteiger partial charge on any atom is 0.348 e. The SMILES string of the molecule is CCCOCc1nc2sc(C(=O)OCC)c(C)c2c(=O)[nH]1. The highest BCUT2D eigenvalue weighted by Gasteiger charge is 2.20. The van der Waals surface area contributed by atoms with Crippen molar-refractivity contribution in [3.63, 3.8) is 0 Å². The Morgan fingerprint density at radius 2 is 2.14 bits per heavy atom. The summed E-state index contributed by atoms with van der Waals surface area (Å²) < 4.78 is 10.4. The minimum atomic E-state index is -0.416. The van der Waals surface area contributed by atoms with E-state index in [4.69, 9.17) is 9.47 Å². The summed E-state index contributed by atoms with van der Waals surface area (Å²) in [6.45, 7) is 6.65. The van der Waals surface area contributed by atoms with E-state index in [2.05, 4.69) is 9.97 Å². The van der Waals surface area contributed by atoms with Crippen LogP contribution in [-0.2, 0) is 16.1 Å². The highest BCUT2D eigenvalue weighted by Crippen LogP contribution is 2.27. The maximum atomic E-state index is 12.2. The Labute approximate surface area is 126 Å². The lowest BCUT2D eigenvalue weighted by atomic mass is 10.2. The number of ether oxygens (including phenoxy) is 2. The standard InChI is InChI=1S/C14H18N2O4S/c1-4-6-19-7-9-15-12(17)10-8(3)11(14(18)20-5-2)21-13(10)16-9/h4-7H2,1-3H3,(H,15,16,17). The van der Waals surface area contributed by atoms with Crippen molar-refractivity contribution in [1.29, 1.82) is 0 Å². The molecule has 0 amide bonds. The number of aryl methyl sites for hydroxylation is 1. The number of thiophene rings is 1. The van der Waals surface area contributed by atoms with Crippen LogP contribution in [0.5, 0.6) is 0 Å². The highest BCUT2D eigenvalue weighted by molar-refractivity contribution is 7.20. The number of fused-ring (bicyclic) bond motifs is 1. The van der Waals surface area contributed by atoms with Crippen molar-refractivity contribution >= 4 is 27.5 Å². The van der Waals surface area contributed by atoms with Gasteiger partial charge in [0.15, 0.2) is 0 Å². The molecule has 0 bridgehead atoms. The van der Waals surface area contributed by atoms with E-state index >= 15 is 0 Å². The summed E-state index contributed by atoms with van der Waals surface area (Å²) >= 11 is 1.18. The predicted octanol–water partition coefficient (Wildman–Crippen LogP) is 2.40. The third-order valence-electron chi connectivity index (χ3n) is 2.90. The number of carbonyl (C=O) groups excluding carboxylic acids is 1. The van der Waals surface area contributed by atoms with E-state index in [-0.39, 0.29) is 12.2 Å². The van der Waals surface area contributed by atoms with Crippen LogP contribution < -0.4 is 5.56 Å². The van der Waals surface area contributed by atoms with E-state index in [1.807, 2.05) is 6.92 Å². The maximum absolute atomic E-state index is 12.2. The number of hydrogen-bond donors (Lipinski definition) is 1. The van der Waals surface area contributed by atoms with Gasteiger partial charge in [-0.15, -0.1) is 11.3 Å². The van der Waals surface area contributed by atoms with Crippen LogP contribution in [0.25, 0.3) is 10.2 Å². The summed E-state index contributed by atoms with van der Waals surface area (Å²) in [5.74, 6) is 0.0544. The molecule has 0 saturated carbocycles. The fraction of sp³-hybridized carbons (Fsp3) is 0.500. The Bertz CT molecular complexity index is 705. The molecule has 6 nitrogen and oxygen atoms in total. The van der Waals surface area contributed by atoms with Gasteiger partial charge in [-0.25, -0.2) is 9.78 Å². The molecular weight excluding hydrogens is 292 g/mol. The summed E-state index contributed by atoms with van der Waals surface area (Å²) in [5.41, 5.74) is 0.364. The van der Waals surface area contributed by atoms with Gasteiger partial charge in [-0.05, 0) is 25.8 Å². The van der Waals surface area contributed by atoms with Crippen molar-refractivity contribution in [1.82, 2.24) is 9.97 Å². The Morgan fingerprint density at radius 1 is 1.38 bits per heavy atom. The zero-order valence-electron chi connectivity index (χ0n) is 12.3. The van der Waals surface area contributed by atoms with Gasteiger partial charge in [-0.3, -0.25) is 4.79 Å². The molecule has 0 aromatic carbocycles. The van der Waals surface area contributed by atoms with Crippen molar-refractivity contribution in [2.24, 2.45) is 0 Å². The molecule has 0 fully saturated rings. The lowest BCUT2D eigenvalue weighted by Crippen LogP contribution is -2.13. The van der Waals surface area contributed by atoms with E-state index in [1.54, 1.807) is 13.8 Å². The van der Waals surface area contributed by atoms with Crippen LogP contribution in [0.2, 0.25) is 0 Å². The van der Waals surface area contributed by atoms with Gasteiger partial charge in [0.25, 0.3) is 5.56 Å². The van der Waals surface area contributed by atoms with Gasteiger partial charge < -0.3 is 14.5 Å². The summed E-state index contributed by atoms with van der Waals surface area (Å²) in [4.78, 5) is 32.0. The first-order valence-electron chi connectivity index (χ1n) is 6.85. The Balaban J connectivity index is 2.40. The zero-order valence-corrected chi connectivity index (χ0v) is 13.1. The van der Waals surface area contributed by atoms with E-state index in [9.17, 15) is 9.59 Å². The van der Waals surface area contributed by atoms with Crippen LogP contribution in [-0.4, -0.2) is 29.2 Å². The molecule has 0 aliphatic rings. The van der Waals surface area contributed by atoms with Crippen LogP contribution in [0.3, 0.4) is 0 Å². The summed E-state index contributed by atoms with van der Waals surface area (Å²) in [6.07, 6.45) is 0.900. The molecule has 7 heteroatoms. The van der Waals surface area contributed by atoms with Crippen molar-refractivity contribution in [3.05, 3.63) is 26.6 Å². The number of nitrogens with one attached hydrogen (secondary N) is 1. The molecule has 0 aliphatic carbocycles. The van der Waals surface area contributed by atoms with Crippen LogP contribution in [0.15, 0.2) is 4.79 Å². The molecule has 0 unspecified atom stereocenters. The van der Waals surface area contributed by atoms with Gasteiger partial charge in [0, 0.05) is 6.61 Å². The van der Waals surface area contributed by atoms with Gasteiger partial charge in [-0.2, -0.15) is 0 Å². The van der Waals surface area contributed by atoms with Crippen LogP contribution in [0.1, 0.15) is 41.3 Å². The molecule has 2 rings (SSSR count). The Morgan fingerprint density at radius 3 is 2.81 bits per heavy atom. The van der Waals surface area contributed by atoms with Gasteiger partial charge in [0.1, 0.15) is 22.1 Å². The Kier molecular flexibility index (Phi) is 5.08. The first-order valence-corrected chi connectivity index (χ1v) is 7.67. The number of esters is 1. The van der Waals surface area contributed by atoms with Crippen molar-refractivity contribution in [3.8, 4) is 0 Å². The van der Waals surface area contributed by atoms with Crippen LogP contribution in [0.4, 0.5) is 0 Å². The number of carbonyl (C=O) groups is 1. The molecule has 2 heterocycles. The van der Waals surface area contributed by atoms with E-state index in [0.717, 1.165) is 6.42 Å². The molecule has 0 spiro atoms. The first kappa shape index (κ1) is 15.7. The van der Waals surface area contributed by atoms with Crippen molar-refractivity contribution < 1.29 is 14.3 Å². The zero-order chi connectivity index (χ0) is 15.4. The number of nitrogens with zero attached hydrogens (tertiary/aromatic N) is 1. The lowest BCUT2D eigenvalue weighted by molar-refractivity contribution is 0.0531. The van der Waals surface area contributed by atoms with E-state index < -0.39 is 5.97 Å². The number of rotatable bonds is 6. The minimum absolute atomic E-state index is 0.251. The highest BCUT2D eigenvalue weighted by atomic mass is 32.1. The molecule has 2 aromatic rings. The van der Waals surface area contributed by atoms with Crippen molar-refractivity contribution in [2.75, 3.05) is 13.2 Å². The van der Waals surface area contributed by atoms with E-state index in [1.165, 1.54) is 11.3 Å². The topological polar surface area (TPSA) is 81.3 Å². The molecule has 0 aliphatic heterocycles. The minimum Gasteiger partial charge on any atom is -0.462 e. The van der Waals surface area contributed by atoms with Gasteiger partial charge >= 0.3 is 5.97 Å². The van der Waals surface area contributed by atoms with Crippen LogP contribution >= 0.6 is 11.3 Å². The average Bonchev–Trinajstić information content (AvgIpc) is 2.77. The molecule has 1 N–H and O–H groups in total. The normalized spacial score (nSPS) is 11.0. The molecule has 0 atom stereocenters. The third-order valence-corrected chi connectivity index (χ3v) is 4.06. The molecule has 0 saturated heterocycles. The monoisotopic (exact) mass is 310 g/mol. The second-order valence-corrected chi connectivity index (χ2v) is 5.52. The first-order chi connectivity index (χ1) is 10.1. The number of H-pyrrole nitrogens is 1. The van der Waals surface area contributed by atoms with E-state index in [0.29, 0.717) is 39.7 Å². The number of aromatic amines is 1. The molecule has 0 radical (unpaired) electrons. The Hall–Kier alpha value is -1.73. The summed E-state index contributed by atoms with van der Waals surface area (Å²) in [5, 5.41) is 0.447. The smallest absolute Gasteiger partial charge is 0.348 e. The molecule has 21 heavy (non-hydrogen) atoms. The quantitative estimate of drug-likeness (QED) is 0.654. The molecule has 114 valence electrons. The lowest BCUT2D eigenvalue weighted by Gasteiger charge is -2.01. The van der Waals surface area contributed by atoms with Gasteiger partial charge in [-0.1, -0.05) is 6.92 Å². The number of aromatic nitrogens is 2. The predicted molar refractivity (Wildman–Crippen MR) is 80.9 cm³/mol. The molecule has 2 aromatic heterocycles. The second kappa shape index (κ2) is 6.82. The van der Waals surface area contributed by atoms with Gasteiger partial charge in [0.05, 0.1) is 12.0 Å².